The maximum atomic E-state index is 13.6. The third-order valence-electron chi connectivity index (χ3n) is 5.56. The van der Waals surface area contributed by atoms with Gasteiger partial charge in [-0.15, -0.1) is 11.8 Å². The number of likely N-dealkylation sites (N-methyl/N-ethyl adjacent to an activating group) is 2. The fourth-order valence-corrected chi connectivity index (χ4v) is 4.59. The number of nitrogens with one attached hydrogen (secondary N) is 1. The van der Waals surface area contributed by atoms with Crippen LogP contribution in [0.3, 0.4) is 0 Å². The van der Waals surface area contributed by atoms with Crippen LogP contribution in [0.25, 0.3) is 0 Å². The molecule has 1 N–H and O–H groups in total. The third-order valence-corrected chi connectivity index (χ3v) is 6.68. The van der Waals surface area contributed by atoms with Crippen LogP contribution in [0, 0.1) is 11.3 Å². The first-order valence-electron chi connectivity index (χ1n) is 11.0. The van der Waals surface area contributed by atoms with Gasteiger partial charge in [-0.25, -0.2) is 4.79 Å². The lowest BCUT2D eigenvalue weighted by molar-refractivity contribution is -0.141. The van der Waals surface area contributed by atoms with Crippen molar-refractivity contribution in [2.45, 2.75) is 73.0 Å². The van der Waals surface area contributed by atoms with Crippen LogP contribution in [0.15, 0.2) is 11.6 Å². The Hall–Kier alpha value is -1.54. The molecule has 7 nitrogen and oxygen atoms in total. The fourth-order valence-electron chi connectivity index (χ4n) is 3.60. The lowest BCUT2D eigenvalue weighted by Crippen LogP contribution is -2.59. The molecule has 1 saturated heterocycles. The van der Waals surface area contributed by atoms with Gasteiger partial charge in [0, 0.05) is 18.5 Å². The molecule has 0 bridgehead atoms. The van der Waals surface area contributed by atoms with Crippen LogP contribution in [-0.4, -0.2) is 78.0 Å². The second-order valence-electron chi connectivity index (χ2n) is 9.66. The topological polar surface area (TPSA) is 79.0 Å². The van der Waals surface area contributed by atoms with E-state index in [-0.39, 0.29) is 35.8 Å². The van der Waals surface area contributed by atoms with Crippen molar-refractivity contribution in [3.05, 3.63) is 11.6 Å². The van der Waals surface area contributed by atoms with Crippen LogP contribution in [0.2, 0.25) is 0 Å². The van der Waals surface area contributed by atoms with Crippen molar-refractivity contribution >= 4 is 29.5 Å². The van der Waals surface area contributed by atoms with Crippen LogP contribution in [0.1, 0.15) is 54.9 Å². The van der Waals surface area contributed by atoms with Gasteiger partial charge in [0.2, 0.25) is 11.8 Å². The van der Waals surface area contributed by atoms with Crippen LogP contribution >= 0.6 is 11.8 Å². The van der Waals surface area contributed by atoms with E-state index >= 15 is 0 Å². The maximum absolute atomic E-state index is 13.6. The summed E-state index contributed by atoms with van der Waals surface area (Å²) in [7, 11) is 3.67. The summed E-state index contributed by atoms with van der Waals surface area (Å²) >= 11 is 1.80. The Bertz CT molecular complexity index is 672. The molecule has 0 aromatic carbocycles. The lowest BCUT2D eigenvalue weighted by atomic mass is 9.84. The van der Waals surface area contributed by atoms with Gasteiger partial charge < -0.3 is 15.0 Å². The van der Waals surface area contributed by atoms with Gasteiger partial charge in [-0.1, -0.05) is 40.7 Å². The molecule has 1 unspecified atom stereocenters. The van der Waals surface area contributed by atoms with E-state index in [1.807, 2.05) is 46.6 Å². The second-order valence-corrected chi connectivity index (χ2v) is 10.7. The third kappa shape index (κ3) is 7.83. The molecule has 1 aliphatic heterocycles. The quantitative estimate of drug-likeness (QED) is 0.448. The van der Waals surface area contributed by atoms with Crippen molar-refractivity contribution in [2.24, 2.45) is 11.3 Å². The number of hydrogen-bond acceptors (Lipinski definition) is 6. The number of ether oxygens (including phenoxy) is 1. The Morgan fingerprint density at radius 1 is 1.29 bits per heavy atom. The van der Waals surface area contributed by atoms with Crippen LogP contribution in [0.5, 0.6) is 0 Å². The van der Waals surface area contributed by atoms with E-state index in [0.717, 1.165) is 18.1 Å². The van der Waals surface area contributed by atoms with E-state index in [1.165, 1.54) is 0 Å². The Kier molecular flexibility index (Phi) is 10.6. The Labute approximate surface area is 192 Å². The van der Waals surface area contributed by atoms with Gasteiger partial charge in [-0.3, -0.25) is 14.5 Å². The van der Waals surface area contributed by atoms with Gasteiger partial charge in [0.15, 0.2) is 0 Å². The molecule has 0 spiro atoms. The number of rotatable bonds is 8. The molecular weight excluding hydrogens is 414 g/mol. The van der Waals surface area contributed by atoms with Gasteiger partial charge >= 0.3 is 5.97 Å². The normalized spacial score (nSPS) is 20.2. The molecule has 0 aromatic rings. The van der Waals surface area contributed by atoms with Gasteiger partial charge in [-0.05, 0) is 44.4 Å². The summed E-state index contributed by atoms with van der Waals surface area (Å²) in [6, 6.07) is -1.20. The first-order valence-corrected chi connectivity index (χ1v) is 12.2. The SMILES string of the molecule is CCOC(=O)/C(C)=C/[C@H](C(C)C)N(C)C(=O)[C@@H](NC(=O)C1CCSCN1C)C(C)(C)C. The molecule has 1 heterocycles. The number of nitrogens with zero attached hydrogens (tertiary/aromatic N) is 2. The lowest BCUT2D eigenvalue weighted by Gasteiger charge is -2.39. The number of carbonyl (C=O) groups is 3. The van der Waals surface area contributed by atoms with Crippen molar-refractivity contribution in [1.82, 2.24) is 15.1 Å². The summed E-state index contributed by atoms with van der Waals surface area (Å²) in [5.74, 6) is 1.16. The van der Waals surface area contributed by atoms with Crippen molar-refractivity contribution < 1.29 is 19.1 Å². The zero-order valence-electron chi connectivity index (χ0n) is 20.7. The summed E-state index contributed by atoms with van der Waals surface area (Å²) < 4.78 is 5.08. The van der Waals surface area contributed by atoms with Gasteiger partial charge in [0.25, 0.3) is 0 Å². The van der Waals surface area contributed by atoms with E-state index in [1.54, 1.807) is 43.6 Å². The molecule has 0 radical (unpaired) electrons. The Morgan fingerprint density at radius 3 is 2.39 bits per heavy atom. The van der Waals surface area contributed by atoms with Crippen LogP contribution in [-0.2, 0) is 19.1 Å². The predicted molar refractivity (Wildman–Crippen MR) is 127 cm³/mol. The van der Waals surface area contributed by atoms with Gasteiger partial charge in [-0.2, -0.15) is 0 Å². The average Bonchev–Trinajstić information content (AvgIpc) is 2.68. The van der Waals surface area contributed by atoms with E-state index in [0.29, 0.717) is 12.2 Å². The highest BCUT2D eigenvalue weighted by Crippen LogP contribution is 2.25. The van der Waals surface area contributed by atoms with E-state index in [4.69, 9.17) is 4.74 Å². The van der Waals surface area contributed by atoms with Crippen LogP contribution in [0.4, 0.5) is 0 Å². The highest BCUT2D eigenvalue weighted by Gasteiger charge is 2.39. The molecule has 0 aromatic heterocycles. The minimum Gasteiger partial charge on any atom is -0.463 e. The van der Waals surface area contributed by atoms with E-state index in [9.17, 15) is 14.4 Å². The Balaban J connectivity index is 3.10. The molecule has 1 aliphatic rings. The van der Waals surface area contributed by atoms with E-state index < -0.39 is 11.5 Å². The number of thioether (sulfide) groups is 1. The van der Waals surface area contributed by atoms with Crippen LogP contribution < -0.4 is 5.32 Å². The number of amides is 2. The summed E-state index contributed by atoms with van der Waals surface area (Å²) in [5, 5.41) is 3.03. The molecule has 178 valence electrons. The molecule has 8 heteroatoms. The molecule has 3 atom stereocenters. The molecule has 1 rings (SSSR count). The highest BCUT2D eigenvalue weighted by molar-refractivity contribution is 7.99. The minimum absolute atomic E-state index is 0.0798. The summed E-state index contributed by atoms with van der Waals surface area (Å²) in [4.78, 5) is 42.3. The largest absolute Gasteiger partial charge is 0.463 e. The molecule has 2 amide bonds. The summed E-state index contributed by atoms with van der Waals surface area (Å²) in [5.41, 5.74) is 0.00242. The maximum Gasteiger partial charge on any atom is 0.333 e. The van der Waals surface area contributed by atoms with Gasteiger partial charge in [0.05, 0.1) is 18.7 Å². The number of hydrogen-bond donors (Lipinski definition) is 1. The number of carbonyl (C=O) groups excluding carboxylic acids is 3. The molecule has 0 aliphatic carbocycles. The zero-order chi connectivity index (χ0) is 23.9. The van der Waals surface area contributed by atoms with Crippen molar-refractivity contribution in [1.29, 1.82) is 0 Å². The van der Waals surface area contributed by atoms with Gasteiger partial charge in [0.1, 0.15) is 6.04 Å². The van der Waals surface area contributed by atoms with Crippen molar-refractivity contribution in [2.75, 3.05) is 32.3 Å². The first kappa shape index (κ1) is 27.5. The minimum atomic E-state index is -0.675. The fraction of sp³-hybridized carbons (Fsp3) is 0.783. The monoisotopic (exact) mass is 455 g/mol. The second kappa shape index (κ2) is 11.9. The zero-order valence-corrected chi connectivity index (χ0v) is 21.5. The molecular formula is C23H41N3O4S. The Morgan fingerprint density at radius 2 is 1.90 bits per heavy atom. The van der Waals surface area contributed by atoms with Crippen molar-refractivity contribution in [3.8, 4) is 0 Å². The standard InChI is InChI=1S/C23H41N3O4S/c1-10-30-22(29)16(4)13-18(15(2)3)26(9)21(28)19(23(5,6)7)24-20(27)17-11-12-31-14-25(17)8/h13,15,17-19H,10-12,14H2,1-9H3,(H,24,27)/b16-13+/t17?,18-,19-/m1/s1. The first-order chi connectivity index (χ1) is 14.3. The summed E-state index contributed by atoms with van der Waals surface area (Å²) in [6.07, 6.45) is 2.55. The average molecular weight is 456 g/mol. The summed E-state index contributed by atoms with van der Waals surface area (Å²) in [6.45, 7) is 13.6. The smallest absolute Gasteiger partial charge is 0.333 e. The molecule has 0 saturated carbocycles. The van der Waals surface area contributed by atoms with E-state index in [2.05, 4.69) is 5.32 Å². The molecule has 31 heavy (non-hydrogen) atoms. The number of esters is 1. The van der Waals surface area contributed by atoms with Crippen molar-refractivity contribution in [3.63, 3.8) is 0 Å². The molecule has 1 fully saturated rings. The predicted octanol–water partition coefficient (Wildman–Crippen LogP) is 2.90. The highest BCUT2D eigenvalue weighted by atomic mass is 32.2.